The van der Waals surface area contributed by atoms with E-state index in [-0.39, 0.29) is 11.9 Å². The number of hydrogen-bond donors (Lipinski definition) is 0. The van der Waals surface area contributed by atoms with Crippen LogP contribution in [0.4, 0.5) is 0 Å². The molecule has 294 valence electrons. The van der Waals surface area contributed by atoms with Gasteiger partial charge in [0.25, 0.3) is 0 Å². The van der Waals surface area contributed by atoms with Gasteiger partial charge in [-0.25, -0.2) is 0 Å². The van der Waals surface area contributed by atoms with Crippen LogP contribution in [0.3, 0.4) is 0 Å². The van der Waals surface area contributed by atoms with Gasteiger partial charge in [-0.3, -0.25) is 9.59 Å². The van der Waals surface area contributed by atoms with Gasteiger partial charge < -0.3 is 9.47 Å². The zero-order valence-corrected chi connectivity index (χ0v) is 35.2. The molecule has 0 aromatic carbocycles. The minimum Gasteiger partial charge on any atom is -0.461 e. The Labute approximate surface area is 312 Å². The second-order valence-electron chi connectivity index (χ2n) is 17.4. The fourth-order valence-electron chi connectivity index (χ4n) is 6.86. The third-order valence-electron chi connectivity index (χ3n) is 10.6. The van der Waals surface area contributed by atoms with Gasteiger partial charge in [-0.05, 0) is 100 Å². The Morgan fingerprint density at radius 1 is 0.400 bits per heavy atom. The first-order valence-corrected chi connectivity index (χ1v) is 21.4. The number of rotatable bonds is 33. The van der Waals surface area contributed by atoms with Crippen molar-refractivity contribution < 1.29 is 19.1 Å². The standard InChI is InChI=1S/C46H86O4/c1-37(2)19-13-21-39(5)23-15-25-41(7)27-17-29-43(9)33-35-49-45(47)31-11-12-32-46(48)50-36-34-44(10)30-18-28-42(8)26-16-24-40(6)22-14-20-38(3)4/h33-34,37-42H,11-32,35-36H2,1-10H3. The van der Waals surface area contributed by atoms with Gasteiger partial charge in [0.15, 0.2) is 0 Å². The molecule has 0 aromatic rings. The molecule has 4 heteroatoms. The van der Waals surface area contributed by atoms with E-state index in [9.17, 15) is 9.59 Å². The third-order valence-corrected chi connectivity index (χ3v) is 10.6. The van der Waals surface area contributed by atoms with Crippen LogP contribution in [0.1, 0.15) is 210 Å². The van der Waals surface area contributed by atoms with E-state index >= 15 is 0 Å². The Morgan fingerprint density at radius 3 is 0.980 bits per heavy atom. The van der Waals surface area contributed by atoms with E-state index in [0.29, 0.717) is 38.9 Å². The highest BCUT2D eigenvalue weighted by Gasteiger charge is 2.09. The van der Waals surface area contributed by atoms with E-state index in [1.54, 1.807) is 0 Å². The summed E-state index contributed by atoms with van der Waals surface area (Å²) in [6.45, 7) is 23.9. The Kier molecular flexibility index (Phi) is 31.1. The first-order chi connectivity index (χ1) is 23.8. The summed E-state index contributed by atoms with van der Waals surface area (Å²) < 4.78 is 10.8. The molecular formula is C46H86O4. The van der Waals surface area contributed by atoms with E-state index in [4.69, 9.17) is 9.47 Å². The van der Waals surface area contributed by atoms with Crippen LogP contribution in [-0.4, -0.2) is 25.2 Å². The van der Waals surface area contributed by atoms with Crippen molar-refractivity contribution in [2.24, 2.45) is 35.5 Å². The first kappa shape index (κ1) is 48.4. The number of allylic oxidation sites excluding steroid dienone is 2. The number of carbonyl (C=O) groups excluding carboxylic acids is 2. The molecule has 0 saturated carbocycles. The summed E-state index contributed by atoms with van der Waals surface area (Å²) in [4.78, 5) is 24.3. The first-order valence-electron chi connectivity index (χ1n) is 21.4. The molecule has 0 radical (unpaired) electrons. The van der Waals surface area contributed by atoms with Gasteiger partial charge in [0, 0.05) is 12.8 Å². The molecule has 0 rings (SSSR count). The predicted octanol–water partition coefficient (Wildman–Crippen LogP) is 14.4. The minimum absolute atomic E-state index is 0.186. The normalized spacial score (nSPS) is 15.0. The molecule has 0 bridgehead atoms. The molecule has 0 heterocycles. The van der Waals surface area contributed by atoms with Crippen molar-refractivity contribution in [3.63, 3.8) is 0 Å². The average Bonchev–Trinajstić information content (AvgIpc) is 3.02. The molecule has 0 N–H and O–H groups in total. The highest BCUT2D eigenvalue weighted by Crippen LogP contribution is 2.23. The largest absolute Gasteiger partial charge is 0.461 e. The lowest BCUT2D eigenvalue weighted by molar-refractivity contribution is -0.144. The summed E-state index contributed by atoms with van der Waals surface area (Å²) in [7, 11) is 0. The Bertz CT molecular complexity index is 813. The second kappa shape index (κ2) is 32.1. The molecule has 4 nitrogen and oxygen atoms in total. The number of hydrogen-bond acceptors (Lipinski definition) is 4. The lowest BCUT2D eigenvalue weighted by Gasteiger charge is -2.15. The van der Waals surface area contributed by atoms with Gasteiger partial charge in [0.1, 0.15) is 13.2 Å². The molecule has 4 unspecified atom stereocenters. The molecule has 0 aliphatic rings. The summed E-state index contributed by atoms with van der Waals surface area (Å²) in [5.74, 6) is 4.57. The van der Waals surface area contributed by atoms with Crippen molar-refractivity contribution in [3.8, 4) is 0 Å². The summed E-state index contributed by atoms with van der Waals surface area (Å²) >= 11 is 0. The van der Waals surface area contributed by atoms with Gasteiger partial charge in [-0.1, -0.05) is 156 Å². The molecule has 0 aliphatic carbocycles. The van der Waals surface area contributed by atoms with Crippen molar-refractivity contribution in [2.75, 3.05) is 13.2 Å². The molecule has 0 spiro atoms. The monoisotopic (exact) mass is 703 g/mol. The van der Waals surface area contributed by atoms with Crippen molar-refractivity contribution >= 4 is 11.9 Å². The Hall–Kier alpha value is -1.58. The predicted molar refractivity (Wildman–Crippen MR) is 217 cm³/mol. The summed E-state index contributed by atoms with van der Waals surface area (Å²) in [5.41, 5.74) is 2.60. The highest BCUT2D eigenvalue weighted by molar-refractivity contribution is 5.70. The van der Waals surface area contributed by atoms with Crippen molar-refractivity contribution in [1.29, 1.82) is 0 Å². The smallest absolute Gasteiger partial charge is 0.306 e. The van der Waals surface area contributed by atoms with Crippen LogP contribution in [0.2, 0.25) is 0 Å². The van der Waals surface area contributed by atoms with Crippen LogP contribution in [0.25, 0.3) is 0 Å². The summed E-state index contributed by atoms with van der Waals surface area (Å²) in [6.07, 6.45) is 29.5. The zero-order chi connectivity index (χ0) is 37.6. The molecule has 4 atom stereocenters. The topological polar surface area (TPSA) is 52.6 Å². The number of carbonyl (C=O) groups is 2. The van der Waals surface area contributed by atoms with Crippen molar-refractivity contribution in [3.05, 3.63) is 23.3 Å². The highest BCUT2D eigenvalue weighted by atomic mass is 16.5. The molecule has 0 saturated heterocycles. The maximum absolute atomic E-state index is 12.1. The van der Waals surface area contributed by atoms with Crippen LogP contribution < -0.4 is 0 Å². The third kappa shape index (κ3) is 33.6. The molecule has 0 aromatic heterocycles. The van der Waals surface area contributed by atoms with Crippen LogP contribution >= 0.6 is 0 Å². The van der Waals surface area contributed by atoms with Gasteiger partial charge in [0.05, 0.1) is 0 Å². The van der Waals surface area contributed by atoms with E-state index in [1.807, 2.05) is 12.2 Å². The Balaban J connectivity index is 3.83. The maximum atomic E-state index is 12.1. The van der Waals surface area contributed by atoms with Crippen LogP contribution in [0.5, 0.6) is 0 Å². The SMILES string of the molecule is CC(=CCOC(=O)CCCCC(=O)OCC=C(C)CCCC(C)CCCC(C)CCCC(C)C)CCCC(C)CCCC(C)CCCC(C)C. The second-order valence-corrected chi connectivity index (χ2v) is 17.4. The van der Waals surface area contributed by atoms with Crippen molar-refractivity contribution in [2.45, 2.75) is 210 Å². The van der Waals surface area contributed by atoms with E-state index in [2.05, 4.69) is 69.2 Å². The number of ether oxygens (including phenoxy) is 2. The molecular weight excluding hydrogens is 617 g/mol. The van der Waals surface area contributed by atoms with Crippen LogP contribution in [0.15, 0.2) is 23.3 Å². The average molecular weight is 703 g/mol. The zero-order valence-electron chi connectivity index (χ0n) is 35.2. The molecule has 50 heavy (non-hydrogen) atoms. The van der Waals surface area contributed by atoms with Crippen LogP contribution in [0, 0.1) is 35.5 Å². The van der Waals surface area contributed by atoms with Crippen molar-refractivity contribution in [1.82, 2.24) is 0 Å². The van der Waals surface area contributed by atoms with Gasteiger partial charge in [-0.2, -0.15) is 0 Å². The lowest BCUT2D eigenvalue weighted by Crippen LogP contribution is -2.07. The van der Waals surface area contributed by atoms with Crippen LogP contribution in [-0.2, 0) is 19.1 Å². The molecule has 0 amide bonds. The molecule has 0 fully saturated rings. The van der Waals surface area contributed by atoms with E-state index < -0.39 is 0 Å². The summed E-state index contributed by atoms with van der Waals surface area (Å²) in [6, 6.07) is 0. The number of unbranched alkanes of at least 4 members (excludes halogenated alkanes) is 1. The quantitative estimate of drug-likeness (QED) is 0.0388. The number of esters is 2. The van der Waals surface area contributed by atoms with Gasteiger partial charge >= 0.3 is 11.9 Å². The molecule has 0 aliphatic heterocycles. The van der Waals surface area contributed by atoms with E-state index in [0.717, 1.165) is 48.3 Å². The van der Waals surface area contributed by atoms with E-state index in [1.165, 1.54) is 114 Å². The maximum Gasteiger partial charge on any atom is 0.306 e. The Morgan fingerprint density at radius 2 is 0.680 bits per heavy atom. The fourth-order valence-corrected chi connectivity index (χ4v) is 6.86. The van der Waals surface area contributed by atoms with Gasteiger partial charge in [0.2, 0.25) is 0 Å². The minimum atomic E-state index is -0.186. The fraction of sp³-hybridized carbons (Fsp3) is 0.870. The van der Waals surface area contributed by atoms with Gasteiger partial charge in [-0.15, -0.1) is 0 Å². The summed E-state index contributed by atoms with van der Waals surface area (Å²) in [5, 5.41) is 0. The lowest BCUT2D eigenvalue weighted by atomic mass is 9.91.